The Labute approximate surface area is 76.0 Å². The van der Waals surface area contributed by atoms with E-state index in [4.69, 9.17) is 4.74 Å². The Balaban J connectivity index is 2.13. The number of Topliss-reactive ketones (excluding diaryl/α,β-unsaturated/α-hetero) is 1. The average molecular weight is 178 g/mol. The molecule has 68 valence electrons. The van der Waals surface area contributed by atoms with Crippen molar-refractivity contribution in [3.63, 3.8) is 0 Å². The predicted molar refractivity (Wildman–Crippen MR) is 45.3 cm³/mol. The lowest BCUT2D eigenvalue weighted by Gasteiger charge is -2.06. The quantitative estimate of drug-likeness (QED) is 0.629. The molecular weight excluding hydrogens is 168 g/mol. The van der Waals surface area contributed by atoms with Gasteiger partial charge >= 0.3 is 0 Å². The van der Waals surface area contributed by atoms with Crippen LogP contribution in [-0.4, -0.2) is 28.5 Å². The fourth-order valence-electron chi connectivity index (χ4n) is 1.40. The summed E-state index contributed by atoms with van der Waals surface area (Å²) in [6.45, 7) is 0.685. The van der Waals surface area contributed by atoms with Crippen molar-refractivity contribution >= 4 is 5.78 Å². The van der Waals surface area contributed by atoms with Crippen molar-refractivity contribution in [1.29, 1.82) is 0 Å². The summed E-state index contributed by atoms with van der Waals surface area (Å²) in [5.41, 5.74) is 0.536. The van der Waals surface area contributed by atoms with Gasteiger partial charge in [0, 0.05) is 19.0 Å². The number of carbonyl (C=O) groups excluding carboxylic acids is 1. The van der Waals surface area contributed by atoms with Crippen LogP contribution in [0.25, 0.3) is 0 Å². The molecule has 1 aromatic heterocycles. The smallest absolute Gasteiger partial charge is 0.194 e. The van der Waals surface area contributed by atoms with Crippen molar-refractivity contribution in [1.82, 2.24) is 9.97 Å². The van der Waals surface area contributed by atoms with Crippen molar-refractivity contribution in [2.75, 3.05) is 6.61 Å². The lowest BCUT2D eigenvalue weighted by Crippen LogP contribution is -2.19. The number of rotatable bonds is 2. The zero-order valence-electron chi connectivity index (χ0n) is 7.14. The lowest BCUT2D eigenvalue weighted by molar-refractivity contribution is 0.0642. The molecule has 1 aliphatic heterocycles. The van der Waals surface area contributed by atoms with Gasteiger partial charge in [-0.3, -0.25) is 4.79 Å². The molecule has 1 unspecified atom stereocenters. The third-order valence-corrected chi connectivity index (χ3v) is 2.07. The van der Waals surface area contributed by atoms with Crippen molar-refractivity contribution in [3.8, 4) is 0 Å². The van der Waals surface area contributed by atoms with E-state index in [0.717, 1.165) is 12.8 Å². The van der Waals surface area contributed by atoms with Crippen molar-refractivity contribution < 1.29 is 9.53 Å². The van der Waals surface area contributed by atoms with E-state index in [1.54, 1.807) is 0 Å². The van der Waals surface area contributed by atoms with E-state index in [9.17, 15) is 4.79 Å². The Hall–Kier alpha value is -1.29. The molecule has 4 nitrogen and oxygen atoms in total. The topological polar surface area (TPSA) is 52.1 Å². The first kappa shape index (κ1) is 8.31. The Bertz CT molecular complexity index is 294. The predicted octanol–water partition coefficient (Wildman–Crippen LogP) is 0.838. The molecule has 13 heavy (non-hydrogen) atoms. The van der Waals surface area contributed by atoms with Crippen LogP contribution in [0, 0.1) is 0 Å². The van der Waals surface area contributed by atoms with Gasteiger partial charge in [0.1, 0.15) is 12.4 Å². The van der Waals surface area contributed by atoms with Gasteiger partial charge in [-0.2, -0.15) is 0 Å². The van der Waals surface area contributed by atoms with Gasteiger partial charge in [-0.1, -0.05) is 0 Å². The summed E-state index contributed by atoms with van der Waals surface area (Å²) < 4.78 is 5.26. The zero-order chi connectivity index (χ0) is 9.10. The SMILES string of the molecule is O=C(c1cncnc1)C1CCCO1. The van der Waals surface area contributed by atoms with E-state index in [2.05, 4.69) is 9.97 Å². The number of hydrogen-bond donors (Lipinski definition) is 0. The molecule has 0 aromatic carbocycles. The summed E-state index contributed by atoms with van der Waals surface area (Å²) in [5, 5.41) is 0. The van der Waals surface area contributed by atoms with Gasteiger partial charge in [0.15, 0.2) is 5.78 Å². The fourth-order valence-corrected chi connectivity index (χ4v) is 1.40. The molecule has 0 amide bonds. The number of carbonyl (C=O) groups is 1. The Kier molecular flexibility index (Phi) is 2.31. The van der Waals surface area contributed by atoms with E-state index in [-0.39, 0.29) is 11.9 Å². The van der Waals surface area contributed by atoms with Crippen LogP contribution in [0.1, 0.15) is 23.2 Å². The van der Waals surface area contributed by atoms with E-state index in [0.29, 0.717) is 12.2 Å². The Morgan fingerprint density at radius 1 is 1.46 bits per heavy atom. The van der Waals surface area contributed by atoms with Gasteiger partial charge in [0.05, 0.1) is 5.56 Å². The number of nitrogens with zero attached hydrogens (tertiary/aromatic N) is 2. The van der Waals surface area contributed by atoms with Gasteiger partial charge < -0.3 is 4.74 Å². The minimum atomic E-state index is -0.272. The summed E-state index contributed by atoms with van der Waals surface area (Å²) >= 11 is 0. The molecule has 0 radical (unpaired) electrons. The molecule has 0 saturated carbocycles. The second kappa shape index (κ2) is 3.62. The highest BCUT2D eigenvalue weighted by Gasteiger charge is 2.24. The molecule has 0 bridgehead atoms. The number of ether oxygens (including phenoxy) is 1. The molecule has 2 rings (SSSR count). The number of aromatic nitrogens is 2. The minimum absolute atomic E-state index is 0.00176. The Morgan fingerprint density at radius 2 is 2.23 bits per heavy atom. The molecule has 0 N–H and O–H groups in total. The van der Waals surface area contributed by atoms with E-state index >= 15 is 0 Å². The second-order valence-corrected chi connectivity index (χ2v) is 2.99. The standard InChI is InChI=1S/C9H10N2O2/c12-9(8-2-1-3-13-8)7-4-10-6-11-5-7/h4-6,8H,1-3H2. The molecular formula is C9H10N2O2. The first-order chi connectivity index (χ1) is 6.38. The van der Waals surface area contributed by atoms with Gasteiger partial charge in [-0.15, -0.1) is 0 Å². The normalized spacial score (nSPS) is 21.7. The summed E-state index contributed by atoms with van der Waals surface area (Å²) in [6, 6.07) is 0. The van der Waals surface area contributed by atoms with Crippen LogP contribution in [0.3, 0.4) is 0 Å². The zero-order valence-corrected chi connectivity index (χ0v) is 7.14. The van der Waals surface area contributed by atoms with Crippen LogP contribution >= 0.6 is 0 Å². The monoisotopic (exact) mass is 178 g/mol. The minimum Gasteiger partial charge on any atom is -0.370 e. The molecule has 1 aliphatic rings. The average Bonchev–Trinajstić information content (AvgIpc) is 2.71. The highest BCUT2D eigenvalue weighted by Crippen LogP contribution is 2.16. The summed E-state index contributed by atoms with van der Waals surface area (Å²) in [4.78, 5) is 19.2. The van der Waals surface area contributed by atoms with Crippen LogP contribution in [0.2, 0.25) is 0 Å². The highest BCUT2D eigenvalue weighted by molar-refractivity contribution is 5.99. The summed E-state index contributed by atoms with van der Waals surface area (Å²) in [5.74, 6) is -0.00176. The van der Waals surface area contributed by atoms with E-state index in [1.807, 2.05) is 0 Å². The van der Waals surface area contributed by atoms with Gasteiger partial charge in [-0.05, 0) is 12.8 Å². The molecule has 0 aliphatic carbocycles. The van der Waals surface area contributed by atoms with Crippen molar-refractivity contribution in [2.24, 2.45) is 0 Å². The first-order valence-corrected chi connectivity index (χ1v) is 4.29. The maximum Gasteiger partial charge on any atom is 0.194 e. The van der Waals surface area contributed by atoms with Gasteiger partial charge in [0.2, 0.25) is 0 Å². The van der Waals surface area contributed by atoms with Crippen molar-refractivity contribution in [2.45, 2.75) is 18.9 Å². The molecule has 1 saturated heterocycles. The molecule has 0 spiro atoms. The third-order valence-electron chi connectivity index (χ3n) is 2.07. The van der Waals surface area contributed by atoms with Gasteiger partial charge in [0.25, 0.3) is 0 Å². The molecule has 1 fully saturated rings. The molecule has 1 aromatic rings. The van der Waals surface area contributed by atoms with E-state index in [1.165, 1.54) is 18.7 Å². The van der Waals surface area contributed by atoms with E-state index < -0.39 is 0 Å². The molecule has 4 heteroatoms. The van der Waals surface area contributed by atoms with Crippen LogP contribution in [0.5, 0.6) is 0 Å². The van der Waals surface area contributed by atoms with Crippen LogP contribution < -0.4 is 0 Å². The third kappa shape index (κ3) is 1.72. The van der Waals surface area contributed by atoms with Crippen LogP contribution in [-0.2, 0) is 4.74 Å². The largest absolute Gasteiger partial charge is 0.370 e. The fraction of sp³-hybridized carbons (Fsp3) is 0.444. The Morgan fingerprint density at radius 3 is 2.85 bits per heavy atom. The lowest BCUT2D eigenvalue weighted by atomic mass is 10.1. The first-order valence-electron chi connectivity index (χ1n) is 4.29. The van der Waals surface area contributed by atoms with Crippen molar-refractivity contribution in [3.05, 3.63) is 24.3 Å². The van der Waals surface area contributed by atoms with Crippen LogP contribution in [0.15, 0.2) is 18.7 Å². The van der Waals surface area contributed by atoms with Crippen LogP contribution in [0.4, 0.5) is 0 Å². The maximum atomic E-state index is 11.6. The number of ketones is 1. The summed E-state index contributed by atoms with van der Waals surface area (Å²) in [7, 11) is 0. The molecule has 2 heterocycles. The summed E-state index contributed by atoms with van der Waals surface area (Å²) in [6.07, 6.45) is 5.96. The second-order valence-electron chi connectivity index (χ2n) is 2.99. The maximum absolute atomic E-state index is 11.6. The highest BCUT2D eigenvalue weighted by atomic mass is 16.5. The number of hydrogen-bond acceptors (Lipinski definition) is 4. The molecule has 1 atom stereocenters. The van der Waals surface area contributed by atoms with Gasteiger partial charge in [-0.25, -0.2) is 9.97 Å².